The van der Waals surface area contributed by atoms with Crippen LogP contribution in [0.4, 0.5) is 0 Å². The van der Waals surface area contributed by atoms with Crippen LogP contribution in [0.3, 0.4) is 0 Å². The lowest BCUT2D eigenvalue weighted by Crippen LogP contribution is -2.19. The van der Waals surface area contributed by atoms with Crippen molar-refractivity contribution in [2.24, 2.45) is 5.10 Å². The molecule has 0 saturated heterocycles. The molecule has 2 aromatic rings. The average Bonchev–Trinajstić information content (AvgIpc) is 2.90. The van der Waals surface area contributed by atoms with Gasteiger partial charge in [-0.25, -0.2) is 5.43 Å². The molecule has 2 N–H and O–H groups in total. The van der Waals surface area contributed by atoms with Crippen LogP contribution in [0.15, 0.2) is 47.6 Å². The third-order valence-corrected chi connectivity index (χ3v) is 2.59. The minimum atomic E-state index is -0.332. The molecular weight excluding hydrogens is 252 g/mol. The second kappa shape index (κ2) is 6.47. The Morgan fingerprint density at radius 1 is 1.35 bits per heavy atom. The zero-order valence-electron chi connectivity index (χ0n) is 11.4. The highest BCUT2D eigenvalue weighted by molar-refractivity contribution is 5.98. The van der Waals surface area contributed by atoms with E-state index in [1.165, 1.54) is 0 Å². The predicted molar refractivity (Wildman–Crippen MR) is 79.4 cm³/mol. The number of hydrogen-bond donors (Lipinski definition) is 2. The number of rotatable bonds is 4. The number of nitrogens with one attached hydrogen (secondary N) is 2. The molecule has 1 amide bonds. The summed E-state index contributed by atoms with van der Waals surface area (Å²) in [4.78, 5) is 11.7. The molecule has 1 heterocycles. The number of aromatic amines is 1. The molecule has 2 rings (SSSR count). The smallest absolute Gasteiger partial charge is 0.282 e. The third-order valence-electron chi connectivity index (χ3n) is 2.59. The summed E-state index contributed by atoms with van der Waals surface area (Å²) in [7, 11) is 0. The first-order valence-corrected chi connectivity index (χ1v) is 6.25. The van der Waals surface area contributed by atoms with E-state index >= 15 is 0 Å². The summed E-state index contributed by atoms with van der Waals surface area (Å²) >= 11 is 0. The Morgan fingerprint density at radius 2 is 2.10 bits per heavy atom. The molecule has 0 unspecified atom stereocenters. The van der Waals surface area contributed by atoms with Gasteiger partial charge in [0.15, 0.2) is 5.69 Å². The number of benzene rings is 1. The van der Waals surface area contributed by atoms with Crippen LogP contribution in [0.2, 0.25) is 0 Å². The summed E-state index contributed by atoms with van der Waals surface area (Å²) in [5.74, 6) is -0.332. The highest BCUT2D eigenvalue weighted by Crippen LogP contribution is 2.01. The first-order chi connectivity index (χ1) is 9.65. The summed E-state index contributed by atoms with van der Waals surface area (Å²) < 4.78 is 0. The Kier molecular flexibility index (Phi) is 4.44. The maximum absolute atomic E-state index is 11.7. The monoisotopic (exact) mass is 268 g/mol. The van der Waals surface area contributed by atoms with E-state index < -0.39 is 0 Å². The van der Waals surface area contributed by atoms with Crippen LogP contribution >= 0.6 is 0 Å². The first kappa shape index (κ1) is 13.7. The van der Waals surface area contributed by atoms with Gasteiger partial charge in [-0.2, -0.15) is 10.2 Å². The third kappa shape index (κ3) is 3.91. The van der Waals surface area contributed by atoms with Crippen LogP contribution in [-0.4, -0.2) is 21.8 Å². The largest absolute Gasteiger partial charge is 0.291 e. The van der Waals surface area contributed by atoms with Crippen molar-refractivity contribution in [3.8, 4) is 0 Å². The van der Waals surface area contributed by atoms with Crippen molar-refractivity contribution in [2.45, 2.75) is 13.8 Å². The van der Waals surface area contributed by atoms with Gasteiger partial charge in [0.2, 0.25) is 0 Å². The van der Waals surface area contributed by atoms with Gasteiger partial charge in [-0.3, -0.25) is 9.89 Å². The van der Waals surface area contributed by atoms with Crippen molar-refractivity contribution >= 4 is 17.7 Å². The molecule has 0 aliphatic heterocycles. The van der Waals surface area contributed by atoms with Gasteiger partial charge in [0, 0.05) is 5.69 Å². The standard InChI is InChI=1S/C15H16N4O/c1-11(8-9-13-6-4-3-5-7-13)16-19-15(20)14-10-12(2)17-18-14/h3-10H,1-2H3,(H,17,18)(H,19,20)/b9-8+,16-11-. The maximum Gasteiger partial charge on any atom is 0.291 e. The number of carbonyl (C=O) groups is 1. The Balaban J connectivity index is 1.94. The lowest BCUT2D eigenvalue weighted by molar-refractivity contribution is 0.0950. The molecule has 0 aliphatic carbocycles. The molecule has 0 saturated carbocycles. The molecule has 5 heteroatoms. The molecule has 1 aromatic heterocycles. The molecule has 0 radical (unpaired) electrons. The molecule has 0 fully saturated rings. The number of H-pyrrole nitrogens is 1. The van der Waals surface area contributed by atoms with E-state index in [0.29, 0.717) is 11.4 Å². The molecule has 20 heavy (non-hydrogen) atoms. The van der Waals surface area contributed by atoms with Gasteiger partial charge < -0.3 is 0 Å². The molecule has 1 aromatic carbocycles. The van der Waals surface area contributed by atoms with Gasteiger partial charge in [-0.1, -0.05) is 36.4 Å². The van der Waals surface area contributed by atoms with Gasteiger partial charge in [0.05, 0.1) is 5.71 Å². The molecule has 0 spiro atoms. The molecule has 102 valence electrons. The van der Waals surface area contributed by atoms with E-state index in [0.717, 1.165) is 11.3 Å². The number of nitrogens with zero attached hydrogens (tertiary/aromatic N) is 2. The van der Waals surface area contributed by atoms with Crippen molar-refractivity contribution in [2.75, 3.05) is 0 Å². The van der Waals surface area contributed by atoms with E-state index in [9.17, 15) is 4.79 Å². The molecule has 0 atom stereocenters. The first-order valence-electron chi connectivity index (χ1n) is 6.25. The van der Waals surface area contributed by atoms with Crippen LogP contribution in [-0.2, 0) is 0 Å². The van der Waals surface area contributed by atoms with E-state index in [4.69, 9.17) is 0 Å². The van der Waals surface area contributed by atoms with E-state index in [-0.39, 0.29) is 5.91 Å². The Morgan fingerprint density at radius 3 is 2.75 bits per heavy atom. The average molecular weight is 268 g/mol. The fourth-order valence-electron chi connectivity index (χ4n) is 1.55. The summed E-state index contributed by atoms with van der Waals surface area (Å²) in [6, 6.07) is 11.6. The molecule has 0 bridgehead atoms. The molecular formula is C15H16N4O. The number of amides is 1. The van der Waals surface area contributed by atoms with Crippen LogP contribution in [0.5, 0.6) is 0 Å². The number of aryl methyl sites for hydroxylation is 1. The van der Waals surface area contributed by atoms with Crippen LogP contribution in [0.1, 0.15) is 28.7 Å². The van der Waals surface area contributed by atoms with Gasteiger partial charge in [0.25, 0.3) is 5.91 Å². The van der Waals surface area contributed by atoms with E-state index in [1.807, 2.05) is 56.3 Å². The Labute approximate surface area is 117 Å². The van der Waals surface area contributed by atoms with Gasteiger partial charge in [0.1, 0.15) is 0 Å². The summed E-state index contributed by atoms with van der Waals surface area (Å²) in [6.45, 7) is 3.65. The lowest BCUT2D eigenvalue weighted by Gasteiger charge is -1.96. The van der Waals surface area contributed by atoms with E-state index in [1.54, 1.807) is 6.07 Å². The van der Waals surface area contributed by atoms with Gasteiger partial charge in [-0.05, 0) is 31.6 Å². The summed E-state index contributed by atoms with van der Waals surface area (Å²) in [5, 5.41) is 10.6. The zero-order chi connectivity index (χ0) is 14.4. The highest BCUT2D eigenvalue weighted by Gasteiger charge is 2.07. The number of hydrazone groups is 1. The quantitative estimate of drug-likeness (QED) is 0.660. The Bertz CT molecular complexity index is 641. The maximum atomic E-state index is 11.7. The van der Waals surface area contributed by atoms with Crippen LogP contribution in [0.25, 0.3) is 6.08 Å². The fourth-order valence-corrected chi connectivity index (χ4v) is 1.55. The Hall–Kier alpha value is -2.69. The number of allylic oxidation sites excluding steroid dienone is 1. The van der Waals surface area contributed by atoms with Crippen LogP contribution in [0, 0.1) is 6.92 Å². The van der Waals surface area contributed by atoms with Crippen molar-refractivity contribution in [1.82, 2.24) is 15.6 Å². The van der Waals surface area contributed by atoms with Crippen molar-refractivity contribution in [3.05, 3.63) is 59.4 Å². The van der Waals surface area contributed by atoms with Crippen LogP contribution < -0.4 is 5.43 Å². The minimum absolute atomic E-state index is 0.325. The topological polar surface area (TPSA) is 70.1 Å². The highest BCUT2D eigenvalue weighted by atomic mass is 16.2. The zero-order valence-corrected chi connectivity index (χ0v) is 11.4. The normalized spacial score (nSPS) is 11.8. The van der Waals surface area contributed by atoms with Crippen molar-refractivity contribution < 1.29 is 4.79 Å². The van der Waals surface area contributed by atoms with Gasteiger partial charge in [-0.15, -0.1) is 0 Å². The second-order valence-electron chi connectivity index (χ2n) is 4.37. The second-order valence-corrected chi connectivity index (χ2v) is 4.37. The minimum Gasteiger partial charge on any atom is -0.282 e. The SMILES string of the molecule is CC(/C=C/c1ccccc1)=N/NC(=O)c1cc(C)[nH]n1. The molecule has 5 nitrogen and oxygen atoms in total. The summed E-state index contributed by atoms with van der Waals surface area (Å²) in [6.07, 6.45) is 3.77. The van der Waals surface area contributed by atoms with Gasteiger partial charge >= 0.3 is 0 Å². The summed E-state index contributed by atoms with van der Waals surface area (Å²) in [5.41, 5.74) is 5.40. The van der Waals surface area contributed by atoms with E-state index in [2.05, 4.69) is 20.7 Å². The number of carbonyl (C=O) groups excluding carboxylic acids is 1. The fraction of sp³-hybridized carbons (Fsp3) is 0.133. The van der Waals surface area contributed by atoms with Crippen molar-refractivity contribution in [1.29, 1.82) is 0 Å². The number of hydrogen-bond acceptors (Lipinski definition) is 3. The predicted octanol–water partition coefficient (Wildman–Crippen LogP) is 2.54. The number of aromatic nitrogens is 2. The molecule has 0 aliphatic rings. The lowest BCUT2D eigenvalue weighted by atomic mass is 10.2. The van der Waals surface area contributed by atoms with Crippen molar-refractivity contribution in [3.63, 3.8) is 0 Å².